The van der Waals surface area contributed by atoms with Gasteiger partial charge in [-0.2, -0.15) is 4.31 Å². The topological polar surface area (TPSA) is 108 Å². The van der Waals surface area contributed by atoms with Crippen molar-refractivity contribution >= 4 is 21.8 Å². The summed E-state index contributed by atoms with van der Waals surface area (Å²) in [4.78, 5) is 26.3. The molecule has 2 saturated heterocycles. The molecule has 2 amide bonds. The highest BCUT2D eigenvalue weighted by Gasteiger charge is 2.45. The van der Waals surface area contributed by atoms with Gasteiger partial charge in [0, 0.05) is 26.2 Å². The minimum atomic E-state index is -3.84. The van der Waals surface area contributed by atoms with Gasteiger partial charge in [-0.25, -0.2) is 17.2 Å². The van der Waals surface area contributed by atoms with Gasteiger partial charge >= 0.3 is 0 Å². The maximum absolute atomic E-state index is 13.6. The predicted octanol–water partition coefficient (Wildman–Crippen LogP) is 8.62. The molecule has 0 atom stereocenters. The molecule has 0 aliphatic carbocycles. The molecule has 0 radical (unpaired) electrons. The maximum atomic E-state index is 13.6. The van der Waals surface area contributed by atoms with Gasteiger partial charge in [-0.05, 0) is 104 Å². The van der Waals surface area contributed by atoms with E-state index in [9.17, 15) is 26.8 Å². The first-order valence-corrected chi connectivity index (χ1v) is 22.4. The van der Waals surface area contributed by atoms with Gasteiger partial charge < -0.3 is 16.0 Å². The Balaban J connectivity index is 0.000000183. The van der Waals surface area contributed by atoms with Gasteiger partial charge in [0.2, 0.25) is 21.8 Å². The van der Waals surface area contributed by atoms with Crippen LogP contribution in [-0.4, -0.2) is 50.7 Å². The summed E-state index contributed by atoms with van der Waals surface area (Å²) in [7, 11) is -3.84. The number of nitrogens with zero attached hydrogens (tertiary/aromatic N) is 1. The first kappa shape index (κ1) is 45.5. The van der Waals surface area contributed by atoms with Crippen molar-refractivity contribution in [3.8, 4) is 0 Å². The fraction of sp³-hybridized carbons (Fsp3) is 0.255. The van der Waals surface area contributed by atoms with E-state index >= 15 is 0 Å². The quantitative estimate of drug-likeness (QED) is 0.128. The van der Waals surface area contributed by atoms with Crippen molar-refractivity contribution in [2.45, 2.75) is 61.4 Å². The molecule has 322 valence electrons. The molecule has 0 saturated carbocycles. The average Bonchev–Trinajstić information content (AvgIpc) is 3.32. The minimum Gasteiger partial charge on any atom is -0.351 e. The number of carbonyl (C=O) groups is 2. The first-order chi connectivity index (χ1) is 30.0. The second kappa shape index (κ2) is 21.7. The van der Waals surface area contributed by atoms with Crippen molar-refractivity contribution in [2.24, 2.45) is 0 Å². The van der Waals surface area contributed by atoms with Crippen molar-refractivity contribution in [3.05, 3.63) is 209 Å². The summed E-state index contributed by atoms with van der Waals surface area (Å²) in [5.41, 5.74) is 3.86. The van der Waals surface area contributed by atoms with Crippen LogP contribution in [0.25, 0.3) is 0 Å². The van der Waals surface area contributed by atoms with E-state index in [1.54, 1.807) is 6.07 Å². The van der Waals surface area contributed by atoms with Gasteiger partial charge in [-0.3, -0.25) is 9.59 Å². The summed E-state index contributed by atoms with van der Waals surface area (Å²) in [6, 6.07) is 50.9. The SMILES string of the molecule is Cc1cccc(F)c1.O=C(NCc1ccccc1)C1(c2ccccc2)CCN(S(=O)(=O)c2cccc(F)c2)CC1.O=C(NCc1ccccc1)C1(c2ccccc2)CCNCC1. The van der Waals surface area contributed by atoms with Crippen molar-refractivity contribution < 1.29 is 26.8 Å². The highest BCUT2D eigenvalue weighted by molar-refractivity contribution is 7.89. The number of aryl methyl sites for hydroxylation is 1. The number of amides is 2. The van der Waals surface area contributed by atoms with Crippen LogP contribution in [-0.2, 0) is 43.5 Å². The first-order valence-electron chi connectivity index (χ1n) is 21.0. The fourth-order valence-electron chi connectivity index (χ4n) is 8.05. The number of piperidine rings is 2. The second-order valence-corrected chi connectivity index (χ2v) is 17.6. The highest BCUT2D eigenvalue weighted by atomic mass is 32.2. The summed E-state index contributed by atoms with van der Waals surface area (Å²) >= 11 is 0. The summed E-state index contributed by atoms with van der Waals surface area (Å²) in [5, 5.41) is 9.54. The van der Waals surface area contributed by atoms with Crippen molar-refractivity contribution in [3.63, 3.8) is 0 Å². The van der Waals surface area contributed by atoms with Crippen molar-refractivity contribution in [1.29, 1.82) is 0 Å². The zero-order valence-electron chi connectivity index (χ0n) is 35.0. The van der Waals surface area contributed by atoms with Crippen LogP contribution in [0.15, 0.2) is 175 Å². The second-order valence-electron chi connectivity index (χ2n) is 15.6. The number of hydrogen-bond acceptors (Lipinski definition) is 5. The van der Waals surface area contributed by atoms with E-state index in [0.29, 0.717) is 25.9 Å². The molecule has 0 aromatic heterocycles. The number of halogens is 2. The van der Waals surface area contributed by atoms with E-state index in [2.05, 4.69) is 28.1 Å². The largest absolute Gasteiger partial charge is 0.351 e. The molecule has 3 N–H and O–H groups in total. The van der Waals surface area contributed by atoms with E-state index in [4.69, 9.17) is 0 Å². The number of hydrogen-bond donors (Lipinski definition) is 3. The van der Waals surface area contributed by atoms with Gasteiger partial charge in [0.1, 0.15) is 11.6 Å². The molecule has 62 heavy (non-hydrogen) atoms. The third-order valence-corrected chi connectivity index (χ3v) is 13.5. The van der Waals surface area contributed by atoms with Crippen LogP contribution in [0.5, 0.6) is 0 Å². The van der Waals surface area contributed by atoms with Crippen LogP contribution in [0.2, 0.25) is 0 Å². The zero-order chi connectivity index (χ0) is 43.8. The fourth-order valence-corrected chi connectivity index (χ4v) is 9.52. The summed E-state index contributed by atoms with van der Waals surface area (Å²) in [5.74, 6) is -0.730. The normalized spacial score (nSPS) is 15.7. The number of benzene rings is 6. The standard InChI is InChI=1S/C25H25FN2O3S.C19H22N2O.C7H7F/c26-22-12-7-13-23(18-22)32(30,31)28-16-14-25(15-17-28,21-10-5-2-6-11-21)24(29)27-19-20-8-3-1-4-9-20;22-18(21-15-16-7-3-1-4-8-16)19(11-13-20-14-12-19)17-9-5-2-6-10-17;1-6-3-2-4-7(8)5-6/h1-13,18H,14-17,19H2,(H,27,29);1-10,20H,11-15H2,(H,21,22);2-5H,1H3. The Bertz CT molecular complexity index is 2430. The molecule has 0 unspecified atom stereocenters. The van der Waals surface area contributed by atoms with Crippen LogP contribution < -0.4 is 16.0 Å². The third kappa shape index (κ3) is 11.7. The Kier molecular flexibility index (Phi) is 15.9. The van der Waals surface area contributed by atoms with Crippen LogP contribution in [0.3, 0.4) is 0 Å². The lowest BCUT2D eigenvalue weighted by Crippen LogP contribution is -2.52. The lowest BCUT2D eigenvalue weighted by atomic mass is 9.72. The molecule has 0 bridgehead atoms. The Labute approximate surface area is 364 Å². The van der Waals surface area contributed by atoms with E-state index in [-0.39, 0.29) is 35.6 Å². The molecule has 2 aliphatic rings. The van der Waals surface area contributed by atoms with E-state index in [0.717, 1.165) is 59.8 Å². The number of nitrogens with one attached hydrogen (secondary N) is 3. The third-order valence-electron chi connectivity index (χ3n) is 11.6. The molecule has 0 spiro atoms. The molecule has 2 heterocycles. The zero-order valence-corrected chi connectivity index (χ0v) is 35.8. The molecule has 6 aromatic carbocycles. The van der Waals surface area contributed by atoms with Crippen LogP contribution >= 0.6 is 0 Å². The summed E-state index contributed by atoms with van der Waals surface area (Å²) in [6.45, 7) is 4.96. The number of carbonyl (C=O) groups excluding carboxylic acids is 2. The van der Waals surface area contributed by atoms with Gasteiger partial charge in [0.25, 0.3) is 0 Å². The molecule has 8 rings (SSSR count). The summed E-state index contributed by atoms with van der Waals surface area (Å²) < 4.78 is 53.2. The lowest BCUT2D eigenvalue weighted by Gasteiger charge is -2.40. The van der Waals surface area contributed by atoms with E-state index in [1.165, 1.54) is 34.6 Å². The predicted molar refractivity (Wildman–Crippen MR) is 240 cm³/mol. The Morgan fingerprint density at radius 3 is 1.40 bits per heavy atom. The Hall–Kier alpha value is -6.01. The number of sulfonamides is 1. The Morgan fingerprint density at radius 1 is 0.565 bits per heavy atom. The van der Waals surface area contributed by atoms with Gasteiger partial charge in [0.05, 0.1) is 15.7 Å². The van der Waals surface area contributed by atoms with Crippen LogP contribution in [0.4, 0.5) is 8.78 Å². The minimum absolute atomic E-state index is 0.0711. The number of rotatable bonds is 10. The van der Waals surface area contributed by atoms with Crippen molar-refractivity contribution in [2.75, 3.05) is 26.2 Å². The molecule has 2 aliphatic heterocycles. The van der Waals surface area contributed by atoms with Crippen LogP contribution in [0.1, 0.15) is 53.5 Å². The van der Waals surface area contributed by atoms with Gasteiger partial charge in [-0.15, -0.1) is 0 Å². The maximum Gasteiger partial charge on any atom is 0.243 e. The molecular formula is C51H54F2N4O4S. The molecular weight excluding hydrogens is 803 g/mol. The highest BCUT2D eigenvalue weighted by Crippen LogP contribution is 2.38. The lowest BCUT2D eigenvalue weighted by molar-refractivity contribution is -0.129. The molecule has 6 aromatic rings. The van der Waals surface area contributed by atoms with E-state index in [1.807, 2.05) is 122 Å². The molecule has 8 nitrogen and oxygen atoms in total. The Morgan fingerprint density at radius 2 is 0.984 bits per heavy atom. The molecule has 2 fully saturated rings. The van der Waals surface area contributed by atoms with Gasteiger partial charge in [-0.1, -0.05) is 140 Å². The van der Waals surface area contributed by atoms with Crippen molar-refractivity contribution in [1.82, 2.24) is 20.3 Å². The monoisotopic (exact) mass is 856 g/mol. The summed E-state index contributed by atoms with van der Waals surface area (Å²) in [6.07, 6.45) is 2.37. The van der Waals surface area contributed by atoms with Crippen LogP contribution in [0, 0.1) is 18.6 Å². The van der Waals surface area contributed by atoms with Gasteiger partial charge in [0.15, 0.2) is 0 Å². The molecule has 11 heteroatoms. The smallest absolute Gasteiger partial charge is 0.243 e. The average molecular weight is 857 g/mol. The van der Waals surface area contributed by atoms with E-state index < -0.39 is 26.7 Å².